The molecule has 110 valence electrons. The minimum atomic E-state index is -0.356. The number of carbonyl (C=O) groups is 1. The minimum absolute atomic E-state index is 0.0346. The Balaban J connectivity index is 2.16. The molecule has 1 aromatic carbocycles. The highest BCUT2D eigenvalue weighted by Gasteiger charge is 2.09. The summed E-state index contributed by atoms with van der Waals surface area (Å²) in [5.74, 6) is -0.371. The number of nitrogens with zero attached hydrogens (tertiary/aromatic N) is 2. The number of hydrogen-bond donors (Lipinski definition) is 2. The Hall–Kier alpha value is -2.63. The number of hydrogen-bond acceptors (Lipinski definition) is 4. The van der Waals surface area contributed by atoms with Gasteiger partial charge in [-0.05, 0) is 23.8 Å². The van der Waals surface area contributed by atoms with Gasteiger partial charge in [-0.3, -0.25) is 4.79 Å². The lowest BCUT2D eigenvalue weighted by molar-refractivity contribution is -0.126. The lowest BCUT2D eigenvalue weighted by Crippen LogP contribution is -2.28. The average molecular weight is 289 g/mol. The van der Waals surface area contributed by atoms with Crippen molar-refractivity contribution in [2.75, 3.05) is 26.0 Å². The maximum absolute atomic E-state index is 13.2. The molecule has 0 fully saturated rings. The summed E-state index contributed by atoms with van der Waals surface area (Å²) in [5, 5.41) is 12.7. The van der Waals surface area contributed by atoms with Crippen LogP contribution in [-0.4, -0.2) is 41.5 Å². The summed E-state index contributed by atoms with van der Waals surface area (Å²) in [6.07, 6.45) is 1.51. The molecule has 0 radical (unpaired) electrons. The fourth-order valence-corrected chi connectivity index (χ4v) is 1.73. The Morgan fingerprint density at radius 3 is 2.71 bits per heavy atom. The summed E-state index contributed by atoms with van der Waals surface area (Å²) in [4.78, 5) is 17.0. The molecule has 2 N–H and O–H groups in total. The predicted octanol–water partition coefficient (Wildman–Crippen LogP) is 2.09. The number of carbonyl (C=O) groups excluding carboxylic acids is 1. The number of rotatable bonds is 4. The number of pyridine rings is 1. The third-order valence-corrected chi connectivity index (χ3v) is 2.93. The zero-order valence-corrected chi connectivity index (χ0v) is 11.8. The van der Waals surface area contributed by atoms with Crippen LogP contribution in [0.25, 0.3) is 11.1 Å². The van der Waals surface area contributed by atoms with E-state index in [9.17, 15) is 14.3 Å². The molecule has 21 heavy (non-hydrogen) atoms. The Morgan fingerprint density at radius 1 is 1.33 bits per heavy atom. The molecule has 0 saturated heterocycles. The minimum Gasteiger partial charge on any atom is -0.504 e. The van der Waals surface area contributed by atoms with Crippen LogP contribution < -0.4 is 5.32 Å². The molecule has 1 aromatic heterocycles. The highest BCUT2D eigenvalue weighted by molar-refractivity contribution is 5.80. The molecule has 0 spiro atoms. The molecular formula is C15H16FN3O2. The standard InChI is InChI=1S/C15H16FN3O2/c1-19(2)14(21)9-18-15-13(20)7-11(8-17-15)10-4-3-5-12(16)6-10/h3-8,20H,9H2,1-2H3,(H,17,18). The van der Waals surface area contributed by atoms with Crippen LogP contribution in [-0.2, 0) is 4.79 Å². The van der Waals surface area contributed by atoms with E-state index in [0.717, 1.165) is 0 Å². The van der Waals surface area contributed by atoms with Gasteiger partial charge in [-0.15, -0.1) is 0 Å². The van der Waals surface area contributed by atoms with Crippen molar-refractivity contribution >= 4 is 11.7 Å². The van der Waals surface area contributed by atoms with Gasteiger partial charge >= 0.3 is 0 Å². The number of benzene rings is 1. The third-order valence-electron chi connectivity index (χ3n) is 2.93. The molecule has 1 amide bonds. The van der Waals surface area contributed by atoms with Gasteiger partial charge in [-0.2, -0.15) is 0 Å². The lowest BCUT2D eigenvalue weighted by Gasteiger charge is -2.12. The second-order valence-electron chi connectivity index (χ2n) is 4.74. The van der Waals surface area contributed by atoms with Crippen molar-refractivity contribution in [3.63, 3.8) is 0 Å². The fraction of sp³-hybridized carbons (Fsp3) is 0.200. The molecule has 0 unspecified atom stereocenters. The van der Waals surface area contributed by atoms with Crippen molar-refractivity contribution < 1.29 is 14.3 Å². The topological polar surface area (TPSA) is 65.5 Å². The van der Waals surface area contributed by atoms with Crippen molar-refractivity contribution in [3.8, 4) is 16.9 Å². The summed E-state index contributed by atoms with van der Waals surface area (Å²) in [5.41, 5.74) is 1.21. The number of anilines is 1. The number of halogens is 1. The summed E-state index contributed by atoms with van der Waals surface area (Å²) in [6.45, 7) is 0.0346. The van der Waals surface area contributed by atoms with Gasteiger partial charge in [0.05, 0.1) is 6.54 Å². The van der Waals surface area contributed by atoms with Gasteiger partial charge in [0.25, 0.3) is 0 Å². The number of aromatic hydroxyl groups is 1. The van der Waals surface area contributed by atoms with E-state index >= 15 is 0 Å². The van der Waals surface area contributed by atoms with Gasteiger partial charge in [0, 0.05) is 25.9 Å². The maximum atomic E-state index is 13.2. The summed E-state index contributed by atoms with van der Waals surface area (Å²) in [7, 11) is 3.29. The van der Waals surface area contributed by atoms with Crippen LogP contribution >= 0.6 is 0 Å². The van der Waals surface area contributed by atoms with Crippen molar-refractivity contribution in [2.24, 2.45) is 0 Å². The van der Waals surface area contributed by atoms with E-state index < -0.39 is 0 Å². The lowest BCUT2D eigenvalue weighted by atomic mass is 10.1. The molecule has 2 aromatic rings. The average Bonchev–Trinajstić information content (AvgIpc) is 2.45. The van der Waals surface area contributed by atoms with E-state index in [1.807, 2.05) is 0 Å². The van der Waals surface area contributed by atoms with Crippen molar-refractivity contribution in [1.29, 1.82) is 0 Å². The van der Waals surface area contributed by atoms with Gasteiger partial charge in [0.2, 0.25) is 5.91 Å². The Labute approximate surface area is 122 Å². The maximum Gasteiger partial charge on any atom is 0.241 e. The van der Waals surface area contributed by atoms with Crippen LogP contribution in [0.2, 0.25) is 0 Å². The molecule has 5 nitrogen and oxygen atoms in total. The Morgan fingerprint density at radius 2 is 2.10 bits per heavy atom. The van der Waals surface area contributed by atoms with Crippen LogP contribution in [0.1, 0.15) is 0 Å². The first-order valence-electron chi connectivity index (χ1n) is 6.36. The molecule has 0 saturated carbocycles. The molecular weight excluding hydrogens is 273 g/mol. The monoisotopic (exact) mass is 289 g/mol. The van der Waals surface area contributed by atoms with Gasteiger partial charge in [0.15, 0.2) is 11.6 Å². The zero-order valence-electron chi connectivity index (χ0n) is 11.8. The predicted molar refractivity (Wildman–Crippen MR) is 78.5 cm³/mol. The van der Waals surface area contributed by atoms with E-state index in [2.05, 4.69) is 10.3 Å². The quantitative estimate of drug-likeness (QED) is 0.904. The Bertz CT molecular complexity index is 659. The number of aromatic nitrogens is 1. The molecule has 0 atom stereocenters. The number of likely N-dealkylation sites (N-methyl/N-ethyl adjacent to an activating group) is 1. The van der Waals surface area contributed by atoms with E-state index in [0.29, 0.717) is 11.1 Å². The van der Waals surface area contributed by atoms with Crippen LogP contribution in [0.4, 0.5) is 10.2 Å². The van der Waals surface area contributed by atoms with E-state index in [-0.39, 0.29) is 29.8 Å². The Kier molecular flexibility index (Phi) is 4.37. The van der Waals surface area contributed by atoms with Gasteiger partial charge in [0.1, 0.15) is 5.82 Å². The summed E-state index contributed by atoms with van der Waals surface area (Å²) >= 11 is 0. The summed E-state index contributed by atoms with van der Waals surface area (Å²) < 4.78 is 13.2. The first-order valence-corrected chi connectivity index (χ1v) is 6.36. The van der Waals surface area contributed by atoms with Crippen molar-refractivity contribution in [3.05, 3.63) is 42.3 Å². The first-order chi connectivity index (χ1) is 9.97. The first kappa shape index (κ1) is 14.8. The normalized spacial score (nSPS) is 10.2. The zero-order chi connectivity index (χ0) is 15.4. The highest BCUT2D eigenvalue weighted by Crippen LogP contribution is 2.27. The van der Waals surface area contributed by atoms with Crippen molar-refractivity contribution in [1.82, 2.24) is 9.88 Å². The van der Waals surface area contributed by atoms with Crippen LogP contribution in [0.5, 0.6) is 5.75 Å². The molecule has 1 heterocycles. The molecule has 2 rings (SSSR count). The molecule has 6 heteroatoms. The largest absolute Gasteiger partial charge is 0.504 e. The van der Waals surface area contributed by atoms with Crippen LogP contribution in [0.15, 0.2) is 36.5 Å². The summed E-state index contributed by atoms with van der Waals surface area (Å²) in [6, 6.07) is 7.49. The van der Waals surface area contributed by atoms with E-state index in [4.69, 9.17) is 0 Å². The molecule has 0 bridgehead atoms. The highest BCUT2D eigenvalue weighted by atomic mass is 19.1. The van der Waals surface area contributed by atoms with Gasteiger partial charge in [-0.25, -0.2) is 9.37 Å². The van der Waals surface area contributed by atoms with Crippen LogP contribution in [0.3, 0.4) is 0 Å². The van der Waals surface area contributed by atoms with Gasteiger partial charge < -0.3 is 15.3 Å². The molecule has 0 aliphatic heterocycles. The fourth-order valence-electron chi connectivity index (χ4n) is 1.73. The number of nitrogens with one attached hydrogen (secondary N) is 1. The third kappa shape index (κ3) is 3.68. The van der Waals surface area contributed by atoms with Crippen molar-refractivity contribution in [2.45, 2.75) is 0 Å². The van der Waals surface area contributed by atoms with E-state index in [1.165, 1.54) is 29.3 Å². The molecule has 0 aliphatic carbocycles. The van der Waals surface area contributed by atoms with Gasteiger partial charge in [-0.1, -0.05) is 12.1 Å². The molecule has 0 aliphatic rings. The number of amides is 1. The second-order valence-corrected chi connectivity index (χ2v) is 4.74. The van der Waals surface area contributed by atoms with E-state index in [1.54, 1.807) is 26.2 Å². The van der Waals surface area contributed by atoms with Crippen LogP contribution in [0, 0.1) is 5.82 Å². The SMILES string of the molecule is CN(C)C(=O)CNc1ncc(-c2cccc(F)c2)cc1O. The second kappa shape index (κ2) is 6.21. The smallest absolute Gasteiger partial charge is 0.241 e.